The molecule has 0 spiro atoms. The molecule has 3 nitrogen and oxygen atoms in total. The molecule has 0 saturated carbocycles. The zero-order chi connectivity index (χ0) is 13.1. The Morgan fingerprint density at radius 2 is 1.89 bits per heavy atom. The summed E-state index contributed by atoms with van der Waals surface area (Å²) in [5.41, 5.74) is -0.190. The summed E-state index contributed by atoms with van der Waals surface area (Å²) in [5, 5.41) is 2.21. The number of hydrogen-bond acceptors (Lipinski definition) is 2. The maximum absolute atomic E-state index is 13.3. The van der Waals surface area contributed by atoms with Gasteiger partial charge in [-0.2, -0.15) is 4.39 Å². The highest BCUT2D eigenvalue weighted by Crippen LogP contribution is 2.16. The fraction of sp³-hybridized carbons (Fsp3) is 0. The van der Waals surface area contributed by atoms with E-state index in [1.807, 2.05) is 0 Å². The van der Waals surface area contributed by atoms with Crippen LogP contribution in [0.5, 0.6) is 0 Å². The molecule has 0 unspecified atom stereocenters. The maximum Gasteiger partial charge on any atom is 0.255 e. The van der Waals surface area contributed by atoms with Crippen molar-refractivity contribution in [3.8, 4) is 0 Å². The molecule has 1 aromatic heterocycles. The molecule has 1 aromatic carbocycles. The van der Waals surface area contributed by atoms with E-state index in [-0.39, 0.29) is 11.3 Å². The molecule has 0 aliphatic rings. The molecule has 0 bridgehead atoms. The molecule has 92 valence electrons. The van der Waals surface area contributed by atoms with Crippen molar-refractivity contribution in [1.82, 2.24) is 4.98 Å². The standard InChI is InChI=1S/C12H7F3N2O/c13-8-1-2-10(9(14)6-8)17-12(18)7-3-4-16-11(15)5-7/h1-6H,(H,17,18). The molecule has 2 rings (SSSR count). The van der Waals surface area contributed by atoms with Gasteiger partial charge in [0.2, 0.25) is 5.95 Å². The lowest BCUT2D eigenvalue weighted by atomic mass is 10.2. The third kappa shape index (κ3) is 2.65. The predicted molar refractivity (Wildman–Crippen MR) is 58.5 cm³/mol. The fourth-order valence-electron chi connectivity index (χ4n) is 1.33. The minimum Gasteiger partial charge on any atom is -0.319 e. The van der Waals surface area contributed by atoms with Crippen LogP contribution in [0.3, 0.4) is 0 Å². The van der Waals surface area contributed by atoms with Crippen LogP contribution in [-0.4, -0.2) is 10.9 Å². The van der Waals surface area contributed by atoms with Gasteiger partial charge in [-0.05, 0) is 18.2 Å². The molecule has 2 aromatic rings. The molecule has 1 heterocycles. The number of hydrogen-bond donors (Lipinski definition) is 1. The van der Waals surface area contributed by atoms with Crippen molar-refractivity contribution in [2.45, 2.75) is 0 Å². The lowest BCUT2D eigenvalue weighted by Crippen LogP contribution is -2.13. The zero-order valence-electron chi connectivity index (χ0n) is 8.95. The maximum atomic E-state index is 13.3. The van der Waals surface area contributed by atoms with Gasteiger partial charge in [-0.25, -0.2) is 13.8 Å². The Bertz CT molecular complexity index is 602. The first kappa shape index (κ1) is 12.1. The van der Waals surface area contributed by atoms with Crippen LogP contribution in [0.1, 0.15) is 10.4 Å². The van der Waals surface area contributed by atoms with E-state index in [0.717, 1.165) is 24.4 Å². The lowest BCUT2D eigenvalue weighted by Gasteiger charge is -2.06. The van der Waals surface area contributed by atoms with Crippen LogP contribution < -0.4 is 5.32 Å². The van der Waals surface area contributed by atoms with Crippen molar-refractivity contribution in [2.24, 2.45) is 0 Å². The highest BCUT2D eigenvalue weighted by atomic mass is 19.1. The number of nitrogens with zero attached hydrogens (tertiary/aromatic N) is 1. The van der Waals surface area contributed by atoms with E-state index in [0.29, 0.717) is 6.07 Å². The number of pyridine rings is 1. The Balaban J connectivity index is 2.21. The Hall–Kier alpha value is -2.37. The monoisotopic (exact) mass is 252 g/mol. The second-order valence-electron chi connectivity index (χ2n) is 3.45. The average Bonchev–Trinajstić information content (AvgIpc) is 2.32. The molecule has 0 aliphatic carbocycles. The number of carbonyl (C=O) groups excluding carboxylic acids is 1. The molecule has 1 N–H and O–H groups in total. The molecule has 0 saturated heterocycles. The third-order valence-corrected chi connectivity index (χ3v) is 2.17. The first-order valence-electron chi connectivity index (χ1n) is 4.94. The van der Waals surface area contributed by atoms with Gasteiger partial charge in [0.25, 0.3) is 5.91 Å². The van der Waals surface area contributed by atoms with Gasteiger partial charge in [0, 0.05) is 23.9 Å². The molecule has 0 fully saturated rings. The summed E-state index contributed by atoms with van der Waals surface area (Å²) < 4.78 is 38.7. The fourth-order valence-corrected chi connectivity index (χ4v) is 1.33. The number of carbonyl (C=O) groups is 1. The van der Waals surface area contributed by atoms with Crippen molar-refractivity contribution >= 4 is 11.6 Å². The summed E-state index contributed by atoms with van der Waals surface area (Å²) in [6.45, 7) is 0. The van der Waals surface area contributed by atoms with Crippen LogP contribution in [0.4, 0.5) is 18.9 Å². The lowest BCUT2D eigenvalue weighted by molar-refractivity contribution is 0.102. The van der Waals surface area contributed by atoms with Gasteiger partial charge in [-0.15, -0.1) is 0 Å². The van der Waals surface area contributed by atoms with Crippen molar-refractivity contribution < 1.29 is 18.0 Å². The van der Waals surface area contributed by atoms with Gasteiger partial charge in [-0.3, -0.25) is 4.79 Å². The topological polar surface area (TPSA) is 42.0 Å². The van der Waals surface area contributed by atoms with Crippen molar-refractivity contribution in [1.29, 1.82) is 0 Å². The van der Waals surface area contributed by atoms with Gasteiger partial charge in [0.1, 0.15) is 11.6 Å². The van der Waals surface area contributed by atoms with E-state index < -0.39 is 23.5 Å². The van der Waals surface area contributed by atoms with E-state index in [4.69, 9.17) is 0 Å². The zero-order valence-corrected chi connectivity index (χ0v) is 8.95. The number of aromatic nitrogens is 1. The van der Waals surface area contributed by atoms with Crippen LogP contribution in [-0.2, 0) is 0 Å². The van der Waals surface area contributed by atoms with E-state index in [9.17, 15) is 18.0 Å². The predicted octanol–water partition coefficient (Wildman–Crippen LogP) is 2.75. The number of benzene rings is 1. The number of nitrogens with one attached hydrogen (secondary N) is 1. The van der Waals surface area contributed by atoms with Gasteiger partial charge < -0.3 is 5.32 Å². The average molecular weight is 252 g/mol. The smallest absolute Gasteiger partial charge is 0.255 e. The van der Waals surface area contributed by atoms with Crippen LogP contribution in [0.2, 0.25) is 0 Å². The minimum atomic E-state index is -0.905. The molecule has 6 heteroatoms. The summed E-state index contributed by atoms with van der Waals surface area (Å²) in [4.78, 5) is 14.9. The molecular weight excluding hydrogens is 245 g/mol. The quantitative estimate of drug-likeness (QED) is 0.835. The number of halogens is 3. The van der Waals surface area contributed by atoms with Crippen LogP contribution in [0.25, 0.3) is 0 Å². The Morgan fingerprint density at radius 1 is 1.11 bits per heavy atom. The Morgan fingerprint density at radius 3 is 2.56 bits per heavy atom. The molecule has 0 radical (unpaired) electrons. The van der Waals surface area contributed by atoms with Crippen molar-refractivity contribution in [2.75, 3.05) is 5.32 Å². The highest BCUT2D eigenvalue weighted by molar-refractivity contribution is 6.04. The summed E-state index contributed by atoms with van der Waals surface area (Å²) in [7, 11) is 0. The van der Waals surface area contributed by atoms with Crippen molar-refractivity contribution in [3.63, 3.8) is 0 Å². The molecular formula is C12H7F3N2O. The normalized spacial score (nSPS) is 10.2. The minimum absolute atomic E-state index is 0.00812. The van der Waals surface area contributed by atoms with Crippen LogP contribution >= 0.6 is 0 Å². The van der Waals surface area contributed by atoms with Crippen LogP contribution in [0, 0.1) is 17.6 Å². The first-order chi connectivity index (χ1) is 8.56. The number of anilines is 1. The van der Waals surface area contributed by atoms with Crippen molar-refractivity contribution in [3.05, 3.63) is 59.7 Å². The van der Waals surface area contributed by atoms with E-state index in [2.05, 4.69) is 10.3 Å². The highest BCUT2D eigenvalue weighted by Gasteiger charge is 2.10. The molecule has 0 aliphatic heterocycles. The van der Waals surface area contributed by atoms with Gasteiger partial charge in [0.15, 0.2) is 0 Å². The summed E-state index contributed by atoms with van der Waals surface area (Å²) in [6.07, 6.45) is 1.12. The van der Waals surface area contributed by atoms with E-state index in [1.165, 1.54) is 6.07 Å². The first-order valence-corrected chi connectivity index (χ1v) is 4.94. The third-order valence-electron chi connectivity index (χ3n) is 2.17. The number of amides is 1. The van der Waals surface area contributed by atoms with Gasteiger partial charge in [0.05, 0.1) is 5.69 Å². The largest absolute Gasteiger partial charge is 0.319 e. The van der Waals surface area contributed by atoms with E-state index in [1.54, 1.807) is 0 Å². The SMILES string of the molecule is O=C(Nc1ccc(F)cc1F)c1ccnc(F)c1. The summed E-state index contributed by atoms with van der Waals surface area (Å²) >= 11 is 0. The molecule has 18 heavy (non-hydrogen) atoms. The summed E-state index contributed by atoms with van der Waals surface area (Å²) in [6, 6.07) is 4.92. The second-order valence-corrected chi connectivity index (χ2v) is 3.45. The second kappa shape index (κ2) is 4.87. The Labute approximate surface area is 100 Å². The molecule has 1 amide bonds. The molecule has 0 atom stereocenters. The van der Waals surface area contributed by atoms with E-state index >= 15 is 0 Å². The van der Waals surface area contributed by atoms with Crippen LogP contribution in [0.15, 0.2) is 36.5 Å². The van der Waals surface area contributed by atoms with Gasteiger partial charge >= 0.3 is 0 Å². The van der Waals surface area contributed by atoms with Gasteiger partial charge in [-0.1, -0.05) is 0 Å². The number of rotatable bonds is 2. The Kier molecular flexibility index (Phi) is 3.27. The summed E-state index contributed by atoms with van der Waals surface area (Å²) in [5.74, 6) is -3.18.